The fourth-order valence-corrected chi connectivity index (χ4v) is 9.97. The molecule has 61 heavy (non-hydrogen) atoms. The summed E-state index contributed by atoms with van der Waals surface area (Å²) < 4.78 is 13.3. The smallest absolute Gasteiger partial charge is 0.159 e. The van der Waals surface area contributed by atoms with Crippen molar-refractivity contribution in [2.45, 2.75) is 33.1 Å². The van der Waals surface area contributed by atoms with Crippen LogP contribution >= 0.6 is 0 Å². The molecule has 0 aliphatic heterocycles. The highest BCUT2D eigenvalue weighted by atomic mass is 16.3. The number of hydrogen-bond donors (Lipinski definition) is 0. The van der Waals surface area contributed by atoms with Crippen molar-refractivity contribution in [2.24, 2.45) is 0 Å². The highest BCUT2D eigenvalue weighted by Gasteiger charge is 2.38. The Bertz CT molecular complexity index is 3530. The van der Waals surface area contributed by atoms with Crippen LogP contribution in [0.3, 0.4) is 0 Å². The summed E-state index contributed by atoms with van der Waals surface area (Å²) in [6.07, 6.45) is 0. The molecule has 1 aliphatic carbocycles. The van der Waals surface area contributed by atoms with Gasteiger partial charge in [0.05, 0.1) is 11.4 Å². The SMILES string of the molecule is Cc1ccc(N(c2ccc3c(c2)C(C)(C)c2c-3ccc3cc(N(c4ccc(C)cc4)c4cccc5c4oc4ccccc45)ccc23)c2cccc3c2oc2ccccc23)cc1. The minimum Gasteiger partial charge on any atom is -0.454 e. The molecule has 0 fully saturated rings. The Labute approximate surface area is 354 Å². The molecule has 4 heteroatoms. The number of aryl methyl sites for hydroxylation is 2. The van der Waals surface area contributed by atoms with E-state index >= 15 is 0 Å². The molecule has 0 atom stereocenters. The second-order valence-electron chi connectivity index (χ2n) is 17.1. The maximum Gasteiger partial charge on any atom is 0.159 e. The van der Waals surface area contributed by atoms with Crippen LogP contribution in [-0.2, 0) is 5.41 Å². The summed E-state index contributed by atoms with van der Waals surface area (Å²) in [6.45, 7) is 9.03. The molecule has 0 spiro atoms. The lowest BCUT2D eigenvalue weighted by Crippen LogP contribution is -2.17. The highest BCUT2D eigenvalue weighted by molar-refractivity contribution is 6.12. The average Bonchev–Trinajstić information content (AvgIpc) is 3.93. The number of anilines is 6. The van der Waals surface area contributed by atoms with Crippen molar-refractivity contribution in [3.05, 3.63) is 204 Å². The molecule has 0 unspecified atom stereocenters. The van der Waals surface area contributed by atoms with Crippen molar-refractivity contribution < 1.29 is 8.83 Å². The monoisotopic (exact) mass is 786 g/mol. The normalized spacial score (nSPS) is 13.0. The molecular weight excluding hydrogens is 745 g/mol. The van der Waals surface area contributed by atoms with Gasteiger partial charge in [-0.2, -0.15) is 0 Å². The zero-order chi connectivity index (χ0) is 41.0. The van der Waals surface area contributed by atoms with Gasteiger partial charge in [-0.1, -0.05) is 134 Å². The van der Waals surface area contributed by atoms with Crippen molar-refractivity contribution in [2.75, 3.05) is 9.80 Å². The largest absolute Gasteiger partial charge is 0.454 e. The van der Waals surface area contributed by atoms with Crippen LogP contribution < -0.4 is 9.80 Å². The predicted molar refractivity (Wildman–Crippen MR) is 255 cm³/mol. The first-order valence-corrected chi connectivity index (χ1v) is 21.1. The van der Waals surface area contributed by atoms with Gasteiger partial charge < -0.3 is 18.6 Å². The molecule has 0 amide bonds. The molecule has 1 aliphatic rings. The number of fused-ring (bicyclic) bond motifs is 11. The van der Waals surface area contributed by atoms with E-state index in [1.807, 2.05) is 12.1 Å². The molecule has 9 aromatic carbocycles. The number of hydrogen-bond acceptors (Lipinski definition) is 4. The standard InChI is InChI=1S/C57H42N2O2/c1-35-19-24-38(25-20-35)58(50-15-9-13-47-44-11-5-7-17-52(44)60-55(47)50)40-28-31-42-37(33-40)23-30-46-43-32-29-41(34-49(43)57(3,4)54(42)46)59(39-26-21-36(2)22-27-39)51-16-10-14-48-45-12-6-8-18-53(45)61-56(48)51/h5-34H,1-4H3. The van der Waals surface area contributed by atoms with E-state index in [1.54, 1.807) is 0 Å². The molecular formula is C57H42N2O2. The summed E-state index contributed by atoms with van der Waals surface area (Å²) in [6, 6.07) is 65.7. The van der Waals surface area contributed by atoms with E-state index in [9.17, 15) is 0 Å². The van der Waals surface area contributed by atoms with Gasteiger partial charge in [0, 0.05) is 49.7 Å². The van der Waals surface area contributed by atoms with Crippen LogP contribution in [0.15, 0.2) is 191 Å². The Kier molecular flexibility index (Phi) is 7.67. The summed E-state index contributed by atoms with van der Waals surface area (Å²) >= 11 is 0. The number of furan rings is 2. The molecule has 2 aromatic heterocycles. The Morgan fingerprint density at radius 1 is 0.393 bits per heavy atom. The lowest BCUT2D eigenvalue weighted by molar-refractivity contribution is 0.666. The van der Waals surface area contributed by atoms with E-state index in [4.69, 9.17) is 8.83 Å². The highest BCUT2D eigenvalue weighted by Crippen LogP contribution is 2.54. The molecule has 0 saturated carbocycles. The Hall–Kier alpha value is -7.56. The molecule has 2 heterocycles. The van der Waals surface area contributed by atoms with Crippen LogP contribution in [0.1, 0.15) is 36.1 Å². The maximum absolute atomic E-state index is 6.64. The molecule has 4 nitrogen and oxygen atoms in total. The third kappa shape index (κ3) is 5.38. The molecule has 12 rings (SSSR count). The summed E-state index contributed by atoms with van der Waals surface area (Å²) in [5, 5.41) is 6.92. The Morgan fingerprint density at radius 2 is 0.869 bits per heavy atom. The number of para-hydroxylation sites is 4. The van der Waals surface area contributed by atoms with Crippen molar-refractivity contribution in [3.63, 3.8) is 0 Å². The summed E-state index contributed by atoms with van der Waals surface area (Å²) in [5.74, 6) is 0. The van der Waals surface area contributed by atoms with Gasteiger partial charge in [-0.05, 0) is 120 Å². The summed E-state index contributed by atoms with van der Waals surface area (Å²) in [7, 11) is 0. The third-order valence-electron chi connectivity index (χ3n) is 12.9. The van der Waals surface area contributed by atoms with Crippen LogP contribution in [-0.4, -0.2) is 0 Å². The van der Waals surface area contributed by atoms with Gasteiger partial charge >= 0.3 is 0 Å². The van der Waals surface area contributed by atoms with Gasteiger partial charge in [-0.15, -0.1) is 0 Å². The first-order chi connectivity index (χ1) is 29.8. The third-order valence-corrected chi connectivity index (χ3v) is 12.9. The van der Waals surface area contributed by atoms with Gasteiger partial charge in [0.1, 0.15) is 11.2 Å². The zero-order valence-electron chi connectivity index (χ0n) is 34.5. The van der Waals surface area contributed by atoms with E-state index in [1.165, 1.54) is 44.2 Å². The number of rotatable bonds is 6. The maximum atomic E-state index is 6.64. The molecule has 11 aromatic rings. The van der Waals surface area contributed by atoms with Crippen molar-refractivity contribution >= 4 is 88.8 Å². The predicted octanol–water partition coefficient (Wildman–Crippen LogP) is 16.5. The summed E-state index contributed by atoms with van der Waals surface area (Å²) in [5.41, 5.74) is 17.3. The van der Waals surface area contributed by atoms with Gasteiger partial charge in [0.15, 0.2) is 11.2 Å². The van der Waals surface area contributed by atoms with Crippen LogP contribution in [0.2, 0.25) is 0 Å². The van der Waals surface area contributed by atoms with Crippen molar-refractivity contribution in [1.82, 2.24) is 0 Å². The molecule has 0 radical (unpaired) electrons. The van der Waals surface area contributed by atoms with E-state index in [0.717, 1.165) is 78.0 Å². The van der Waals surface area contributed by atoms with Crippen molar-refractivity contribution in [1.29, 1.82) is 0 Å². The Morgan fingerprint density at radius 3 is 1.44 bits per heavy atom. The molecule has 292 valence electrons. The lowest BCUT2D eigenvalue weighted by Gasteiger charge is -2.29. The fourth-order valence-electron chi connectivity index (χ4n) is 9.97. The molecule has 0 N–H and O–H groups in total. The van der Waals surface area contributed by atoms with Gasteiger partial charge in [0.2, 0.25) is 0 Å². The van der Waals surface area contributed by atoms with Crippen LogP contribution in [0.25, 0.3) is 65.8 Å². The van der Waals surface area contributed by atoms with Gasteiger partial charge in [0.25, 0.3) is 0 Å². The molecule has 0 saturated heterocycles. The van der Waals surface area contributed by atoms with E-state index in [-0.39, 0.29) is 5.41 Å². The number of nitrogens with zero attached hydrogens (tertiary/aromatic N) is 2. The second-order valence-corrected chi connectivity index (χ2v) is 17.1. The summed E-state index contributed by atoms with van der Waals surface area (Å²) in [4.78, 5) is 4.70. The van der Waals surface area contributed by atoms with E-state index in [0.29, 0.717) is 0 Å². The minimum absolute atomic E-state index is 0.275. The minimum atomic E-state index is -0.275. The second kappa shape index (κ2) is 13.2. The van der Waals surface area contributed by atoms with Crippen LogP contribution in [0, 0.1) is 13.8 Å². The van der Waals surface area contributed by atoms with E-state index in [2.05, 4.69) is 207 Å². The van der Waals surface area contributed by atoms with Crippen LogP contribution in [0.5, 0.6) is 0 Å². The van der Waals surface area contributed by atoms with E-state index < -0.39 is 0 Å². The molecule has 0 bridgehead atoms. The van der Waals surface area contributed by atoms with Crippen molar-refractivity contribution in [3.8, 4) is 11.1 Å². The quantitative estimate of drug-likeness (QED) is 0.168. The lowest BCUT2D eigenvalue weighted by atomic mass is 9.80. The first-order valence-electron chi connectivity index (χ1n) is 21.1. The van der Waals surface area contributed by atoms with Gasteiger partial charge in [-0.3, -0.25) is 0 Å². The number of benzene rings is 9. The average molecular weight is 787 g/mol. The fraction of sp³-hybridized carbons (Fsp3) is 0.0877. The van der Waals surface area contributed by atoms with Crippen LogP contribution in [0.4, 0.5) is 34.1 Å². The zero-order valence-corrected chi connectivity index (χ0v) is 34.5. The Balaban J connectivity index is 0.997. The topological polar surface area (TPSA) is 32.8 Å². The van der Waals surface area contributed by atoms with Gasteiger partial charge in [-0.25, -0.2) is 0 Å². The first kappa shape index (κ1) is 35.4.